The standard InChI is InChI=1S/C35H35FN6O5/c1-35(2,45)21-41-18-30(23-3-7-26(36)8-4-23)32(43)31(19-41)34(44)40-27-9-5-22(6-10-27)29-13-24(14-38-33(29)37)25-15-39-42(16-25)17-28-20-46-11-12-47-28/h3-10,13-16,18-19,28,45H,11-12,17,20-21H2,1-2H3,(H2,37,38)(H,40,44)/t28-/m0/s1. The van der Waals surface area contributed by atoms with Gasteiger partial charge in [-0.15, -0.1) is 0 Å². The highest BCUT2D eigenvalue weighted by atomic mass is 19.1. The lowest BCUT2D eigenvalue weighted by Gasteiger charge is -2.22. The van der Waals surface area contributed by atoms with Crippen molar-refractivity contribution in [3.05, 3.63) is 107 Å². The van der Waals surface area contributed by atoms with Gasteiger partial charge in [-0.25, -0.2) is 9.37 Å². The Balaban J connectivity index is 1.22. The molecule has 0 spiro atoms. The van der Waals surface area contributed by atoms with Crippen LogP contribution in [0.25, 0.3) is 33.4 Å². The number of anilines is 2. The van der Waals surface area contributed by atoms with Crippen LogP contribution in [0.5, 0.6) is 0 Å². The number of nitrogens with zero attached hydrogens (tertiary/aromatic N) is 4. The molecule has 242 valence electrons. The summed E-state index contributed by atoms with van der Waals surface area (Å²) in [6, 6.07) is 14.4. The number of aromatic nitrogens is 4. The lowest BCUT2D eigenvalue weighted by Crippen LogP contribution is -2.32. The predicted molar refractivity (Wildman–Crippen MR) is 176 cm³/mol. The van der Waals surface area contributed by atoms with Gasteiger partial charge in [0.1, 0.15) is 23.3 Å². The van der Waals surface area contributed by atoms with Crippen molar-refractivity contribution in [2.24, 2.45) is 0 Å². The second-order valence-electron chi connectivity index (χ2n) is 12.1. The molecule has 1 saturated heterocycles. The first kappa shape index (κ1) is 31.8. The molecule has 12 heteroatoms. The molecule has 1 fully saturated rings. The molecule has 4 heterocycles. The molecule has 1 aliphatic heterocycles. The molecule has 0 radical (unpaired) electrons. The number of benzene rings is 2. The van der Waals surface area contributed by atoms with Gasteiger partial charge in [0, 0.05) is 52.7 Å². The smallest absolute Gasteiger partial charge is 0.261 e. The first-order chi connectivity index (χ1) is 22.5. The fraction of sp³-hybridized carbons (Fsp3) is 0.257. The minimum absolute atomic E-state index is 0.0527. The van der Waals surface area contributed by atoms with E-state index in [0.29, 0.717) is 49.0 Å². The van der Waals surface area contributed by atoms with Crippen LogP contribution in [0.3, 0.4) is 0 Å². The number of ether oxygens (including phenoxy) is 2. The molecule has 4 N–H and O–H groups in total. The summed E-state index contributed by atoms with van der Waals surface area (Å²) in [5.41, 5.74) is 8.82. The zero-order valence-electron chi connectivity index (χ0n) is 26.0. The van der Waals surface area contributed by atoms with Crippen LogP contribution in [0.2, 0.25) is 0 Å². The third-order valence-electron chi connectivity index (χ3n) is 7.66. The van der Waals surface area contributed by atoms with E-state index in [2.05, 4.69) is 15.4 Å². The van der Waals surface area contributed by atoms with Crippen LogP contribution in [-0.2, 0) is 22.6 Å². The van der Waals surface area contributed by atoms with Crippen LogP contribution < -0.4 is 16.5 Å². The Morgan fingerprint density at radius 2 is 1.72 bits per heavy atom. The fourth-order valence-electron chi connectivity index (χ4n) is 5.43. The second-order valence-corrected chi connectivity index (χ2v) is 12.1. The van der Waals surface area contributed by atoms with Crippen LogP contribution in [0.1, 0.15) is 24.2 Å². The largest absolute Gasteiger partial charge is 0.389 e. The highest BCUT2D eigenvalue weighted by molar-refractivity contribution is 6.04. The second kappa shape index (κ2) is 13.3. The minimum Gasteiger partial charge on any atom is -0.389 e. The van der Waals surface area contributed by atoms with Gasteiger partial charge in [-0.2, -0.15) is 5.10 Å². The van der Waals surface area contributed by atoms with Crippen molar-refractivity contribution >= 4 is 17.4 Å². The van der Waals surface area contributed by atoms with E-state index in [0.717, 1.165) is 16.7 Å². The van der Waals surface area contributed by atoms with Crippen LogP contribution in [-0.4, -0.2) is 61.9 Å². The minimum atomic E-state index is -1.12. The molecule has 3 aromatic heterocycles. The van der Waals surface area contributed by atoms with Gasteiger partial charge in [0.05, 0.1) is 44.7 Å². The Morgan fingerprint density at radius 3 is 2.43 bits per heavy atom. The van der Waals surface area contributed by atoms with Gasteiger partial charge in [-0.3, -0.25) is 14.3 Å². The topological polar surface area (TPSA) is 147 Å². The number of hydrogen-bond acceptors (Lipinski definition) is 8. The Morgan fingerprint density at radius 1 is 1.00 bits per heavy atom. The molecule has 0 unspecified atom stereocenters. The number of carbonyl (C=O) groups excluding carboxylic acids is 1. The van der Waals surface area contributed by atoms with E-state index in [-0.39, 0.29) is 23.8 Å². The molecule has 1 aliphatic rings. The molecule has 1 atom stereocenters. The molecule has 5 aromatic rings. The first-order valence-electron chi connectivity index (χ1n) is 15.1. The van der Waals surface area contributed by atoms with Crippen molar-refractivity contribution in [3.8, 4) is 33.4 Å². The normalized spacial score (nSPS) is 15.0. The number of halogens is 1. The lowest BCUT2D eigenvalue weighted by molar-refractivity contribution is -0.0946. The van der Waals surface area contributed by atoms with Crippen molar-refractivity contribution < 1.29 is 23.8 Å². The Kier molecular flexibility index (Phi) is 8.99. The number of nitrogens with one attached hydrogen (secondary N) is 1. The Hall–Kier alpha value is -5.17. The number of nitrogen functional groups attached to an aromatic ring is 1. The van der Waals surface area contributed by atoms with Gasteiger partial charge in [0.2, 0.25) is 5.43 Å². The van der Waals surface area contributed by atoms with E-state index in [1.807, 2.05) is 16.9 Å². The molecular weight excluding hydrogens is 603 g/mol. The molecule has 0 aliphatic carbocycles. The summed E-state index contributed by atoms with van der Waals surface area (Å²) in [6.07, 6.45) is 8.29. The maximum Gasteiger partial charge on any atom is 0.261 e. The zero-order chi connectivity index (χ0) is 33.1. The summed E-state index contributed by atoms with van der Waals surface area (Å²) >= 11 is 0. The van der Waals surface area contributed by atoms with Crippen LogP contribution in [0.4, 0.5) is 15.9 Å². The van der Waals surface area contributed by atoms with E-state index in [1.54, 1.807) is 61.3 Å². The van der Waals surface area contributed by atoms with Gasteiger partial charge >= 0.3 is 0 Å². The number of hydrogen-bond donors (Lipinski definition) is 3. The summed E-state index contributed by atoms with van der Waals surface area (Å²) < 4.78 is 28.2. The monoisotopic (exact) mass is 638 g/mol. The predicted octanol–water partition coefficient (Wildman–Crippen LogP) is 4.60. The van der Waals surface area contributed by atoms with Crippen molar-refractivity contribution in [1.82, 2.24) is 19.3 Å². The third kappa shape index (κ3) is 7.63. The summed E-state index contributed by atoms with van der Waals surface area (Å²) in [5, 5.41) is 17.7. The van der Waals surface area contributed by atoms with E-state index >= 15 is 0 Å². The first-order valence-corrected chi connectivity index (χ1v) is 15.1. The number of carbonyl (C=O) groups is 1. The number of pyridine rings is 2. The molecular formula is C35H35FN6O5. The molecule has 0 bridgehead atoms. The maximum atomic E-state index is 13.6. The van der Waals surface area contributed by atoms with E-state index < -0.39 is 22.8 Å². The van der Waals surface area contributed by atoms with Crippen LogP contribution in [0.15, 0.2) is 90.4 Å². The van der Waals surface area contributed by atoms with Gasteiger partial charge in [0.25, 0.3) is 5.91 Å². The average Bonchev–Trinajstić information content (AvgIpc) is 3.51. The highest BCUT2D eigenvalue weighted by Gasteiger charge is 2.20. The van der Waals surface area contributed by atoms with Crippen molar-refractivity contribution in [3.63, 3.8) is 0 Å². The summed E-state index contributed by atoms with van der Waals surface area (Å²) in [4.78, 5) is 31.3. The van der Waals surface area contributed by atoms with Crippen molar-refractivity contribution in [1.29, 1.82) is 0 Å². The quantitative estimate of drug-likeness (QED) is 0.212. The van der Waals surface area contributed by atoms with Gasteiger partial charge in [-0.1, -0.05) is 24.3 Å². The number of aliphatic hydroxyl groups is 1. The Bertz CT molecular complexity index is 1940. The third-order valence-corrected chi connectivity index (χ3v) is 7.66. The molecule has 11 nitrogen and oxygen atoms in total. The molecule has 0 saturated carbocycles. The van der Waals surface area contributed by atoms with Crippen molar-refractivity contribution in [2.75, 3.05) is 30.9 Å². The van der Waals surface area contributed by atoms with E-state index in [4.69, 9.17) is 15.2 Å². The molecule has 6 rings (SSSR count). The summed E-state index contributed by atoms with van der Waals surface area (Å²) in [5.74, 6) is -0.725. The average molecular weight is 639 g/mol. The van der Waals surface area contributed by atoms with Gasteiger partial charge < -0.3 is 30.2 Å². The number of rotatable bonds is 9. The number of nitrogens with two attached hydrogens (primary N) is 1. The zero-order valence-corrected chi connectivity index (χ0v) is 26.0. The molecule has 2 aromatic carbocycles. The SMILES string of the molecule is CC(C)(O)Cn1cc(C(=O)Nc2ccc(-c3cc(-c4cnn(C[C@H]5COCCO5)c4)cnc3N)cc2)c(=O)c(-c2ccc(F)cc2)c1. The van der Waals surface area contributed by atoms with Gasteiger partial charge in [0.15, 0.2) is 0 Å². The van der Waals surface area contributed by atoms with Crippen LogP contribution >= 0.6 is 0 Å². The molecule has 47 heavy (non-hydrogen) atoms. The highest BCUT2D eigenvalue weighted by Crippen LogP contribution is 2.30. The van der Waals surface area contributed by atoms with E-state index in [9.17, 15) is 19.1 Å². The summed E-state index contributed by atoms with van der Waals surface area (Å²) in [7, 11) is 0. The summed E-state index contributed by atoms with van der Waals surface area (Å²) in [6.45, 7) is 5.65. The lowest BCUT2D eigenvalue weighted by atomic mass is 10.0. The molecule has 1 amide bonds. The fourth-order valence-corrected chi connectivity index (χ4v) is 5.43. The van der Waals surface area contributed by atoms with Crippen LogP contribution in [0, 0.1) is 5.82 Å². The Labute approximate surface area is 270 Å². The van der Waals surface area contributed by atoms with Gasteiger partial charge in [-0.05, 0) is 55.3 Å². The van der Waals surface area contributed by atoms with E-state index in [1.165, 1.54) is 30.5 Å². The maximum absolute atomic E-state index is 13.6. The number of amides is 1. The van der Waals surface area contributed by atoms with Crippen molar-refractivity contribution in [2.45, 2.75) is 38.6 Å².